The largest absolute Gasteiger partial charge is 0.469 e. The number of methoxy groups -OCH3 is 1. The summed E-state index contributed by atoms with van der Waals surface area (Å²) in [4.78, 5) is 21.6. The topological polar surface area (TPSA) is 72.8 Å². The fourth-order valence-corrected chi connectivity index (χ4v) is 4.07. The third-order valence-electron chi connectivity index (χ3n) is 3.44. The van der Waals surface area contributed by atoms with E-state index in [0.29, 0.717) is 5.56 Å². The molecule has 98 valence electrons. The number of carbonyl (C=O) groups is 1. The van der Waals surface area contributed by atoms with Gasteiger partial charge in [0.25, 0.3) is 0 Å². The molecule has 0 aromatic heterocycles. The lowest BCUT2D eigenvalue weighted by Gasteiger charge is -2.22. The van der Waals surface area contributed by atoms with Gasteiger partial charge in [-0.05, 0) is 12.0 Å². The van der Waals surface area contributed by atoms with Gasteiger partial charge in [0.2, 0.25) is 0 Å². The zero-order valence-electron chi connectivity index (χ0n) is 10.2. The lowest BCUT2D eigenvalue weighted by atomic mass is 10.1. The van der Waals surface area contributed by atoms with E-state index in [9.17, 15) is 14.3 Å². The minimum atomic E-state index is -3.91. The molecule has 6 heteroatoms. The Morgan fingerprint density at radius 2 is 2.00 bits per heavy atom. The zero-order chi connectivity index (χ0) is 13.4. The molecule has 2 rings (SSSR count). The van der Waals surface area contributed by atoms with E-state index in [1.165, 1.54) is 14.2 Å². The Kier molecular flexibility index (Phi) is 3.32. The van der Waals surface area contributed by atoms with E-state index < -0.39 is 24.6 Å². The molecule has 0 radical (unpaired) electrons. The van der Waals surface area contributed by atoms with Gasteiger partial charge in [-0.15, -0.1) is 0 Å². The van der Waals surface area contributed by atoms with E-state index in [1.807, 2.05) is 6.07 Å². The van der Waals surface area contributed by atoms with Crippen LogP contribution < -0.4 is 0 Å². The molecule has 0 heterocycles. The van der Waals surface area contributed by atoms with Crippen molar-refractivity contribution in [2.24, 2.45) is 5.92 Å². The highest BCUT2D eigenvalue weighted by molar-refractivity contribution is 7.54. The van der Waals surface area contributed by atoms with Crippen LogP contribution in [0.25, 0.3) is 0 Å². The monoisotopic (exact) mass is 270 g/mol. The molecule has 1 N–H and O–H groups in total. The van der Waals surface area contributed by atoms with Crippen molar-refractivity contribution in [2.45, 2.75) is 11.6 Å². The van der Waals surface area contributed by atoms with Crippen molar-refractivity contribution in [2.75, 3.05) is 14.2 Å². The minimum absolute atomic E-state index is 0.269. The average molecular weight is 270 g/mol. The number of carbonyl (C=O) groups excluding carboxylic acids is 1. The first-order valence-corrected chi connectivity index (χ1v) is 7.09. The van der Waals surface area contributed by atoms with Gasteiger partial charge in [-0.25, -0.2) is 0 Å². The van der Waals surface area contributed by atoms with Crippen LogP contribution in [-0.2, 0) is 23.8 Å². The molecule has 1 aromatic rings. The molecule has 0 amide bonds. The highest BCUT2D eigenvalue weighted by Crippen LogP contribution is 2.76. The van der Waals surface area contributed by atoms with Crippen LogP contribution in [0.1, 0.15) is 12.0 Å². The lowest BCUT2D eigenvalue weighted by molar-refractivity contribution is -0.142. The Morgan fingerprint density at radius 3 is 2.50 bits per heavy atom. The molecular weight excluding hydrogens is 255 g/mol. The average Bonchev–Trinajstić information content (AvgIpc) is 3.16. The summed E-state index contributed by atoms with van der Waals surface area (Å²) in [5, 5.41) is -1.16. The molecule has 0 aliphatic heterocycles. The summed E-state index contributed by atoms with van der Waals surface area (Å²) in [7, 11) is -1.46. The quantitative estimate of drug-likeness (QED) is 0.668. The van der Waals surface area contributed by atoms with Crippen LogP contribution in [0.4, 0.5) is 0 Å². The first kappa shape index (κ1) is 13.3. The summed E-state index contributed by atoms with van der Waals surface area (Å²) in [6, 6.07) is 8.79. The molecule has 3 atom stereocenters. The van der Waals surface area contributed by atoms with Gasteiger partial charge >= 0.3 is 13.6 Å². The third-order valence-corrected chi connectivity index (χ3v) is 5.70. The number of rotatable bonds is 4. The number of benzene rings is 1. The Hall–Kier alpha value is -1.16. The number of hydrogen-bond donors (Lipinski definition) is 1. The second kappa shape index (κ2) is 4.50. The molecule has 1 aliphatic rings. The van der Waals surface area contributed by atoms with Crippen LogP contribution in [0, 0.1) is 5.92 Å². The predicted octanol–water partition coefficient (Wildman–Crippen LogP) is 1.91. The molecule has 1 fully saturated rings. The second-order valence-corrected chi connectivity index (χ2v) is 6.48. The maximum atomic E-state index is 12.2. The Labute approximate surface area is 105 Å². The van der Waals surface area contributed by atoms with Crippen LogP contribution in [0.5, 0.6) is 0 Å². The van der Waals surface area contributed by atoms with Gasteiger partial charge in [0, 0.05) is 7.11 Å². The molecule has 3 unspecified atom stereocenters. The van der Waals surface area contributed by atoms with E-state index in [1.54, 1.807) is 24.3 Å². The SMILES string of the molecule is COC(=O)C1CC1(c1ccccc1)P(=O)(O)OC. The van der Waals surface area contributed by atoms with Gasteiger partial charge in [-0.3, -0.25) is 9.36 Å². The van der Waals surface area contributed by atoms with Crippen molar-refractivity contribution in [1.82, 2.24) is 0 Å². The van der Waals surface area contributed by atoms with Gasteiger partial charge in [-0.1, -0.05) is 30.3 Å². The van der Waals surface area contributed by atoms with E-state index >= 15 is 0 Å². The fraction of sp³-hybridized carbons (Fsp3) is 0.417. The first-order valence-electron chi connectivity index (χ1n) is 5.51. The minimum Gasteiger partial charge on any atom is -0.469 e. The molecule has 1 aliphatic carbocycles. The highest BCUT2D eigenvalue weighted by Gasteiger charge is 2.71. The van der Waals surface area contributed by atoms with Gasteiger partial charge in [0.05, 0.1) is 13.0 Å². The molecule has 5 nitrogen and oxygen atoms in total. The van der Waals surface area contributed by atoms with Gasteiger partial charge in [-0.2, -0.15) is 0 Å². The van der Waals surface area contributed by atoms with Crippen molar-refractivity contribution in [3.8, 4) is 0 Å². The van der Waals surface area contributed by atoms with E-state index in [4.69, 9.17) is 4.52 Å². The van der Waals surface area contributed by atoms with E-state index in [0.717, 1.165) is 0 Å². The third kappa shape index (κ3) is 1.79. The standard InChI is InChI=1S/C12H15O5P/c1-16-11(13)10-8-12(10,18(14,15)17-2)9-6-4-3-5-7-9/h3-7,10H,8H2,1-2H3,(H,14,15). The fourth-order valence-electron chi connectivity index (χ4n) is 2.36. The zero-order valence-corrected chi connectivity index (χ0v) is 11.1. The van der Waals surface area contributed by atoms with Crippen molar-refractivity contribution in [3.63, 3.8) is 0 Å². The van der Waals surface area contributed by atoms with E-state index in [-0.39, 0.29) is 6.42 Å². The summed E-state index contributed by atoms with van der Waals surface area (Å²) >= 11 is 0. The normalized spacial score (nSPS) is 29.4. The van der Waals surface area contributed by atoms with Crippen LogP contribution >= 0.6 is 7.60 Å². The predicted molar refractivity (Wildman–Crippen MR) is 65.1 cm³/mol. The summed E-state index contributed by atoms with van der Waals surface area (Å²) in [5.41, 5.74) is 0.632. The molecule has 0 bridgehead atoms. The summed E-state index contributed by atoms with van der Waals surface area (Å²) in [6.45, 7) is 0. The van der Waals surface area contributed by atoms with Gasteiger partial charge < -0.3 is 14.2 Å². The second-order valence-electron chi connectivity index (χ2n) is 4.27. The Morgan fingerprint density at radius 1 is 1.39 bits per heavy atom. The smallest absolute Gasteiger partial charge is 0.339 e. The van der Waals surface area contributed by atoms with Gasteiger partial charge in [0.15, 0.2) is 0 Å². The molecule has 1 aromatic carbocycles. The molecule has 1 saturated carbocycles. The Balaban J connectivity index is 2.46. The molecule has 0 spiro atoms. The molecule has 0 saturated heterocycles. The van der Waals surface area contributed by atoms with Gasteiger partial charge in [0.1, 0.15) is 5.16 Å². The van der Waals surface area contributed by atoms with Crippen LogP contribution in [-0.4, -0.2) is 25.1 Å². The van der Waals surface area contributed by atoms with Crippen molar-refractivity contribution in [1.29, 1.82) is 0 Å². The maximum Gasteiger partial charge on any atom is 0.339 e. The maximum absolute atomic E-state index is 12.2. The van der Waals surface area contributed by atoms with Crippen molar-refractivity contribution >= 4 is 13.6 Å². The van der Waals surface area contributed by atoms with Crippen LogP contribution in [0.3, 0.4) is 0 Å². The molecular formula is C12H15O5P. The lowest BCUT2D eigenvalue weighted by Crippen LogP contribution is -2.17. The van der Waals surface area contributed by atoms with Crippen LogP contribution in [0.15, 0.2) is 30.3 Å². The summed E-state index contributed by atoms with van der Waals surface area (Å²) in [6.07, 6.45) is 0.269. The number of esters is 1. The highest BCUT2D eigenvalue weighted by atomic mass is 31.2. The summed E-state index contributed by atoms with van der Waals surface area (Å²) < 4.78 is 21.6. The first-order chi connectivity index (χ1) is 8.49. The van der Waals surface area contributed by atoms with Crippen molar-refractivity contribution < 1.29 is 23.5 Å². The summed E-state index contributed by atoms with van der Waals surface area (Å²) in [5.74, 6) is -1.11. The van der Waals surface area contributed by atoms with Crippen LogP contribution in [0.2, 0.25) is 0 Å². The Bertz CT molecular complexity index is 500. The number of hydrogen-bond acceptors (Lipinski definition) is 4. The molecule has 18 heavy (non-hydrogen) atoms. The van der Waals surface area contributed by atoms with Crippen molar-refractivity contribution in [3.05, 3.63) is 35.9 Å². The number of ether oxygens (including phenoxy) is 1. The van der Waals surface area contributed by atoms with E-state index in [2.05, 4.69) is 4.74 Å².